The molecule has 0 atom stereocenters. The SMILES string of the molecule is C#Cc1ccc2c3c([nH]c2c1)C(C)(C)c1cc(N2CCN(C4CC4)CC2)c(Cl)cc1C3=O. The number of nitrogens with zero attached hydrogens (tertiary/aromatic N) is 2. The van der Waals surface area contributed by atoms with Crippen LogP contribution in [0.25, 0.3) is 10.9 Å². The molecule has 0 unspecified atom stereocenters. The maximum absolute atomic E-state index is 13.7. The molecular formula is C27H26ClN3O. The van der Waals surface area contributed by atoms with Crippen molar-refractivity contribution in [1.82, 2.24) is 9.88 Å². The number of ketones is 1. The van der Waals surface area contributed by atoms with Gasteiger partial charge in [-0.05, 0) is 42.7 Å². The zero-order valence-corrected chi connectivity index (χ0v) is 19.2. The molecule has 2 fully saturated rings. The lowest BCUT2D eigenvalue weighted by atomic mass is 9.71. The van der Waals surface area contributed by atoms with E-state index in [9.17, 15) is 4.79 Å². The van der Waals surface area contributed by atoms with E-state index in [1.807, 2.05) is 24.3 Å². The molecule has 5 heteroatoms. The predicted molar refractivity (Wildman–Crippen MR) is 130 cm³/mol. The second kappa shape index (κ2) is 6.88. The normalized spacial score (nSPS) is 20.2. The van der Waals surface area contributed by atoms with Gasteiger partial charge >= 0.3 is 0 Å². The Morgan fingerprint density at radius 2 is 1.88 bits per heavy atom. The molecule has 1 saturated carbocycles. The number of H-pyrrole nitrogens is 1. The molecule has 1 N–H and O–H groups in total. The number of aromatic nitrogens is 1. The van der Waals surface area contributed by atoms with Gasteiger partial charge in [-0.2, -0.15) is 0 Å². The highest BCUT2D eigenvalue weighted by molar-refractivity contribution is 6.34. The van der Waals surface area contributed by atoms with Crippen LogP contribution in [-0.2, 0) is 5.41 Å². The first-order valence-electron chi connectivity index (χ1n) is 11.4. The van der Waals surface area contributed by atoms with Crippen LogP contribution >= 0.6 is 11.6 Å². The minimum atomic E-state index is -0.358. The van der Waals surface area contributed by atoms with Gasteiger partial charge in [-0.3, -0.25) is 9.69 Å². The fourth-order valence-electron chi connectivity index (χ4n) is 5.54. The van der Waals surface area contributed by atoms with E-state index in [0.717, 1.165) is 71.2 Å². The maximum atomic E-state index is 13.7. The molecule has 32 heavy (non-hydrogen) atoms. The summed E-state index contributed by atoms with van der Waals surface area (Å²) < 4.78 is 0. The van der Waals surface area contributed by atoms with Gasteiger partial charge < -0.3 is 9.88 Å². The number of carbonyl (C=O) groups is 1. The van der Waals surface area contributed by atoms with E-state index in [4.69, 9.17) is 18.0 Å². The third-order valence-electron chi connectivity index (χ3n) is 7.54. The van der Waals surface area contributed by atoms with Crippen LogP contribution in [0.15, 0.2) is 30.3 Å². The summed E-state index contributed by atoms with van der Waals surface area (Å²) in [7, 11) is 0. The zero-order valence-electron chi connectivity index (χ0n) is 18.5. The molecule has 3 aromatic rings. The van der Waals surface area contributed by atoms with Crippen molar-refractivity contribution < 1.29 is 4.79 Å². The molecule has 162 valence electrons. The second-order valence-corrected chi connectivity index (χ2v) is 10.2. The van der Waals surface area contributed by atoms with Crippen molar-refractivity contribution in [2.45, 2.75) is 38.1 Å². The quantitative estimate of drug-likeness (QED) is 0.569. The van der Waals surface area contributed by atoms with Gasteiger partial charge in [-0.15, -0.1) is 6.42 Å². The Bertz CT molecular complexity index is 1320. The summed E-state index contributed by atoms with van der Waals surface area (Å²) in [6, 6.07) is 10.6. The predicted octanol–water partition coefficient (Wildman–Crippen LogP) is 4.96. The maximum Gasteiger partial charge on any atom is 0.195 e. The first kappa shape index (κ1) is 19.9. The van der Waals surface area contributed by atoms with Gasteiger partial charge in [-0.25, -0.2) is 0 Å². The lowest BCUT2D eigenvalue weighted by Gasteiger charge is -2.38. The van der Waals surface area contributed by atoms with Crippen LogP contribution in [0.1, 0.15) is 59.4 Å². The third kappa shape index (κ3) is 2.85. The van der Waals surface area contributed by atoms with Gasteiger partial charge in [0.05, 0.1) is 16.3 Å². The Balaban J connectivity index is 1.44. The molecule has 2 aliphatic carbocycles. The van der Waals surface area contributed by atoms with E-state index in [2.05, 4.69) is 40.6 Å². The molecule has 2 aromatic carbocycles. The van der Waals surface area contributed by atoms with Crippen molar-refractivity contribution in [1.29, 1.82) is 0 Å². The molecule has 0 spiro atoms. The van der Waals surface area contributed by atoms with Gasteiger partial charge in [0, 0.05) is 65.4 Å². The molecule has 3 aliphatic rings. The third-order valence-corrected chi connectivity index (χ3v) is 7.84. The van der Waals surface area contributed by atoms with Crippen LogP contribution in [0, 0.1) is 12.3 Å². The van der Waals surface area contributed by atoms with Crippen molar-refractivity contribution in [3.63, 3.8) is 0 Å². The van der Waals surface area contributed by atoms with Gasteiger partial charge in [0.1, 0.15) is 0 Å². The highest BCUT2D eigenvalue weighted by Crippen LogP contribution is 2.46. The highest BCUT2D eigenvalue weighted by atomic mass is 35.5. The molecule has 4 nitrogen and oxygen atoms in total. The molecular weight excluding hydrogens is 418 g/mol. The van der Waals surface area contributed by atoms with Crippen molar-refractivity contribution in [2.75, 3.05) is 31.1 Å². The van der Waals surface area contributed by atoms with Crippen molar-refractivity contribution in [3.8, 4) is 12.3 Å². The number of hydrogen-bond acceptors (Lipinski definition) is 3. The number of halogens is 1. The number of rotatable bonds is 2. The summed E-state index contributed by atoms with van der Waals surface area (Å²) in [5.74, 6) is 2.71. The molecule has 0 radical (unpaired) electrons. The van der Waals surface area contributed by atoms with Crippen LogP contribution in [0.2, 0.25) is 5.02 Å². The Morgan fingerprint density at radius 1 is 1.12 bits per heavy atom. The summed E-state index contributed by atoms with van der Waals surface area (Å²) in [5, 5.41) is 1.57. The standard InChI is InChI=1S/C27H26ClN3O/c1-4-16-5-8-18-22(13-16)29-26-24(18)25(32)19-14-21(28)23(15-20(19)27(26,2)3)31-11-9-30(10-12-31)17-6-7-17/h1,5,8,13-15,17,29H,6-7,9-12H2,2-3H3. The minimum Gasteiger partial charge on any atom is -0.368 e. The largest absolute Gasteiger partial charge is 0.368 e. The van der Waals surface area contributed by atoms with Crippen LogP contribution in [-0.4, -0.2) is 47.9 Å². The van der Waals surface area contributed by atoms with Crippen LogP contribution in [0.3, 0.4) is 0 Å². The van der Waals surface area contributed by atoms with E-state index in [1.54, 1.807) is 0 Å². The van der Waals surface area contributed by atoms with Gasteiger partial charge in [0.2, 0.25) is 0 Å². The summed E-state index contributed by atoms with van der Waals surface area (Å²) in [6.07, 6.45) is 8.27. The summed E-state index contributed by atoms with van der Waals surface area (Å²) in [5.41, 5.74) is 5.81. The van der Waals surface area contributed by atoms with Crippen molar-refractivity contribution in [3.05, 3.63) is 63.3 Å². The first-order chi connectivity index (χ1) is 15.4. The molecule has 1 aromatic heterocycles. The Hall–Kier alpha value is -2.74. The summed E-state index contributed by atoms with van der Waals surface area (Å²) in [4.78, 5) is 22.1. The smallest absolute Gasteiger partial charge is 0.195 e. The van der Waals surface area contributed by atoms with Crippen LogP contribution < -0.4 is 4.90 Å². The number of anilines is 1. The zero-order chi connectivity index (χ0) is 22.2. The number of nitrogens with one attached hydrogen (secondary N) is 1. The number of terminal acetylenes is 1. The molecule has 2 heterocycles. The highest BCUT2D eigenvalue weighted by Gasteiger charge is 2.41. The van der Waals surface area contributed by atoms with Gasteiger partial charge in [0.15, 0.2) is 5.78 Å². The summed E-state index contributed by atoms with van der Waals surface area (Å²) in [6.45, 7) is 8.44. The Morgan fingerprint density at radius 3 is 2.56 bits per heavy atom. The first-order valence-corrected chi connectivity index (χ1v) is 11.8. The molecule has 0 bridgehead atoms. The topological polar surface area (TPSA) is 39.3 Å². The van der Waals surface area contributed by atoms with Crippen molar-refractivity contribution in [2.24, 2.45) is 0 Å². The van der Waals surface area contributed by atoms with Crippen LogP contribution in [0.4, 0.5) is 5.69 Å². The second-order valence-electron chi connectivity index (χ2n) is 9.84. The number of carbonyl (C=O) groups excluding carboxylic acids is 1. The molecule has 1 aliphatic heterocycles. The number of benzene rings is 2. The lowest BCUT2D eigenvalue weighted by molar-refractivity contribution is 0.103. The van der Waals surface area contributed by atoms with Gasteiger partial charge in [0.25, 0.3) is 0 Å². The lowest BCUT2D eigenvalue weighted by Crippen LogP contribution is -2.47. The number of fused-ring (bicyclic) bond motifs is 4. The van der Waals surface area contributed by atoms with E-state index in [1.165, 1.54) is 12.8 Å². The average Bonchev–Trinajstić information content (AvgIpc) is 3.57. The van der Waals surface area contributed by atoms with E-state index < -0.39 is 0 Å². The number of piperazine rings is 1. The Kier molecular flexibility index (Phi) is 4.28. The van der Waals surface area contributed by atoms with E-state index in [0.29, 0.717) is 10.6 Å². The van der Waals surface area contributed by atoms with E-state index >= 15 is 0 Å². The monoisotopic (exact) mass is 443 g/mol. The number of hydrogen-bond donors (Lipinski definition) is 1. The molecule has 6 rings (SSSR count). The number of aromatic amines is 1. The molecule has 0 amide bonds. The summed E-state index contributed by atoms with van der Waals surface area (Å²) >= 11 is 6.79. The fourth-order valence-corrected chi connectivity index (χ4v) is 5.82. The fraction of sp³-hybridized carbons (Fsp3) is 0.370. The van der Waals surface area contributed by atoms with Crippen LogP contribution in [0.5, 0.6) is 0 Å². The van der Waals surface area contributed by atoms with E-state index in [-0.39, 0.29) is 11.2 Å². The average molecular weight is 444 g/mol. The minimum absolute atomic E-state index is 0.0287. The Labute approximate surface area is 193 Å². The van der Waals surface area contributed by atoms with Gasteiger partial charge in [-0.1, -0.05) is 37.4 Å². The molecule has 1 saturated heterocycles. The van der Waals surface area contributed by atoms with Crippen molar-refractivity contribution >= 4 is 34.0 Å².